The molecule has 0 amide bonds. The molecule has 0 spiro atoms. The lowest BCUT2D eigenvalue weighted by atomic mass is 10.2. The first-order valence-electron chi connectivity index (χ1n) is 8.08. The van der Waals surface area contributed by atoms with Crippen molar-refractivity contribution in [3.63, 3.8) is 0 Å². The largest absolute Gasteiger partial charge is 0.509 e. The first kappa shape index (κ1) is 21.4. The summed E-state index contributed by atoms with van der Waals surface area (Å²) in [5.41, 5.74) is 1.62. The molecule has 0 atom stereocenters. The first-order valence-corrected chi connectivity index (χ1v) is 10.1. The Morgan fingerprint density at radius 2 is 1.30 bits per heavy atom. The number of rotatable bonds is 11. The highest BCUT2D eigenvalue weighted by Gasteiger charge is 2.27. The summed E-state index contributed by atoms with van der Waals surface area (Å²) in [6.45, 7) is -0.300. The quantitative estimate of drug-likeness (QED) is 0.224. The van der Waals surface area contributed by atoms with E-state index >= 15 is 0 Å². The highest BCUT2D eigenvalue weighted by Crippen LogP contribution is 2.50. The van der Waals surface area contributed by atoms with Gasteiger partial charge in [0.1, 0.15) is 6.61 Å². The van der Waals surface area contributed by atoms with Gasteiger partial charge < -0.3 is 9.47 Å². The number of phosphoric ester groups is 1. The molecule has 7 nitrogen and oxygen atoms in total. The van der Waals surface area contributed by atoms with Crippen LogP contribution in [0.25, 0.3) is 0 Å². The van der Waals surface area contributed by atoms with E-state index in [9.17, 15) is 9.36 Å². The standard InChI is InChI=1S/C18H20ClO7P/c19-15-23-18(20)22-11-12-24-27(21,25-13-16-7-3-1-4-8-16)26-14-17-9-5-2-6-10-17/h1-10H,11-15H2. The van der Waals surface area contributed by atoms with E-state index in [0.717, 1.165) is 11.1 Å². The fourth-order valence-electron chi connectivity index (χ4n) is 1.93. The molecule has 0 saturated heterocycles. The summed E-state index contributed by atoms with van der Waals surface area (Å²) in [5, 5.41) is 0. The number of hydrogen-bond donors (Lipinski definition) is 0. The molecule has 9 heteroatoms. The minimum Gasteiger partial charge on any atom is -0.432 e. The predicted octanol–water partition coefficient (Wildman–Crippen LogP) is 4.89. The number of carbonyl (C=O) groups excluding carboxylic acids is 1. The summed E-state index contributed by atoms with van der Waals surface area (Å²) in [6.07, 6.45) is -0.946. The van der Waals surface area contributed by atoms with E-state index in [1.807, 2.05) is 60.7 Å². The maximum absolute atomic E-state index is 12.9. The van der Waals surface area contributed by atoms with E-state index in [-0.39, 0.29) is 32.5 Å². The van der Waals surface area contributed by atoms with Crippen LogP contribution < -0.4 is 0 Å². The molecule has 2 aromatic carbocycles. The lowest BCUT2D eigenvalue weighted by Gasteiger charge is -2.18. The van der Waals surface area contributed by atoms with Gasteiger partial charge in [0.15, 0.2) is 6.07 Å². The summed E-state index contributed by atoms with van der Waals surface area (Å²) in [7, 11) is -3.88. The molecule has 2 rings (SSSR count). The van der Waals surface area contributed by atoms with Gasteiger partial charge in [0.2, 0.25) is 0 Å². The van der Waals surface area contributed by atoms with E-state index in [2.05, 4.69) is 4.74 Å². The number of hydrogen-bond acceptors (Lipinski definition) is 7. The van der Waals surface area contributed by atoms with Gasteiger partial charge in [-0.3, -0.25) is 13.6 Å². The van der Waals surface area contributed by atoms with Gasteiger partial charge in [-0.1, -0.05) is 72.3 Å². The molecule has 0 N–H and O–H groups in total. The van der Waals surface area contributed by atoms with Crippen molar-refractivity contribution < 1.29 is 32.4 Å². The van der Waals surface area contributed by atoms with Crippen LogP contribution in [0.5, 0.6) is 0 Å². The van der Waals surface area contributed by atoms with Crippen molar-refractivity contribution >= 4 is 25.6 Å². The van der Waals surface area contributed by atoms with Crippen molar-refractivity contribution in [1.29, 1.82) is 0 Å². The molecular formula is C18H20ClO7P. The minimum absolute atomic E-state index is 0.0437. The second-order valence-electron chi connectivity index (χ2n) is 5.15. The molecule has 2 aromatic rings. The highest BCUT2D eigenvalue weighted by molar-refractivity contribution is 7.48. The topological polar surface area (TPSA) is 80.3 Å². The van der Waals surface area contributed by atoms with E-state index < -0.39 is 14.0 Å². The summed E-state index contributed by atoms with van der Waals surface area (Å²) in [6, 6.07) is 18.1. The van der Waals surface area contributed by atoms with E-state index in [4.69, 9.17) is 29.9 Å². The minimum atomic E-state index is -3.88. The summed E-state index contributed by atoms with van der Waals surface area (Å²) < 4.78 is 38.0. The molecular weight excluding hydrogens is 395 g/mol. The molecule has 0 heterocycles. The van der Waals surface area contributed by atoms with Gasteiger partial charge in [-0.05, 0) is 11.1 Å². The number of alkyl halides is 1. The van der Waals surface area contributed by atoms with Crippen molar-refractivity contribution in [2.75, 3.05) is 19.3 Å². The van der Waals surface area contributed by atoms with E-state index in [0.29, 0.717) is 0 Å². The summed E-state index contributed by atoms with van der Waals surface area (Å²) in [5.74, 6) is 0. The average Bonchev–Trinajstić information content (AvgIpc) is 2.70. The van der Waals surface area contributed by atoms with Gasteiger partial charge in [0.05, 0.1) is 19.8 Å². The van der Waals surface area contributed by atoms with Crippen molar-refractivity contribution in [2.45, 2.75) is 13.2 Å². The lowest BCUT2D eigenvalue weighted by molar-refractivity contribution is 0.0436. The van der Waals surface area contributed by atoms with Gasteiger partial charge in [-0.15, -0.1) is 0 Å². The van der Waals surface area contributed by atoms with Gasteiger partial charge in [0.25, 0.3) is 0 Å². The monoisotopic (exact) mass is 414 g/mol. The van der Waals surface area contributed by atoms with Crippen molar-refractivity contribution in [3.8, 4) is 0 Å². The Kier molecular flexibility index (Phi) is 9.31. The molecule has 0 radical (unpaired) electrons. The smallest absolute Gasteiger partial charge is 0.432 e. The maximum atomic E-state index is 12.9. The number of benzene rings is 2. The normalized spacial score (nSPS) is 11.1. The molecule has 27 heavy (non-hydrogen) atoms. The first-order chi connectivity index (χ1) is 13.1. The van der Waals surface area contributed by atoms with Crippen molar-refractivity contribution in [1.82, 2.24) is 0 Å². The van der Waals surface area contributed by atoms with Crippen LogP contribution in [0.3, 0.4) is 0 Å². The molecule has 0 aromatic heterocycles. The van der Waals surface area contributed by atoms with Crippen molar-refractivity contribution in [3.05, 3.63) is 71.8 Å². The second-order valence-corrected chi connectivity index (χ2v) is 7.04. The van der Waals surface area contributed by atoms with Gasteiger partial charge in [-0.25, -0.2) is 9.36 Å². The Hall–Kier alpha value is -1.89. The Labute approximate surface area is 162 Å². The Balaban J connectivity index is 1.89. The molecule has 0 fully saturated rings. The maximum Gasteiger partial charge on any atom is 0.509 e. The molecule has 0 aliphatic carbocycles. The molecule has 0 aliphatic rings. The summed E-state index contributed by atoms with van der Waals surface area (Å²) >= 11 is 5.24. The number of halogens is 1. The summed E-state index contributed by atoms with van der Waals surface area (Å²) in [4.78, 5) is 11.1. The zero-order chi connectivity index (χ0) is 19.4. The number of phosphoric acid groups is 1. The van der Waals surface area contributed by atoms with Gasteiger partial charge in [0, 0.05) is 0 Å². The fourth-order valence-corrected chi connectivity index (χ4v) is 3.15. The van der Waals surface area contributed by atoms with Crippen LogP contribution >= 0.6 is 19.4 Å². The molecule has 0 aliphatic heterocycles. The van der Waals surface area contributed by atoms with Crippen LogP contribution in [0.2, 0.25) is 0 Å². The van der Waals surface area contributed by atoms with Gasteiger partial charge >= 0.3 is 14.0 Å². The third kappa shape index (κ3) is 8.56. The Morgan fingerprint density at radius 3 is 1.78 bits per heavy atom. The van der Waals surface area contributed by atoms with Gasteiger partial charge in [-0.2, -0.15) is 0 Å². The van der Waals surface area contributed by atoms with Crippen molar-refractivity contribution in [2.24, 2.45) is 0 Å². The lowest BCUT2D eigenvalue weighted by Crippen LogP contribution is -2.12. The molecule has 0 saturated carbocycles. The third-order valence-corrected chi connectivity index (χ3v) is 4.69. The van der Waals surface area contributed by atoms with Crippen LogP contribution in [-0.4, -0.2) is 25.4 Å². The van der Waals surface area contributed by atoms with E-state index in [1.165, 1.54) is 0 Å². The Bertz CT molecular complexity index is 680. The second kappa shape index (κ2) is 11.7. The number of carbonyl (C=O) groups is 1. The highest BCUT2D eigenvalue weighted by atomic mass is 35.5. The van der Waals surface area contributed by atoms with Crippen LogP contribution in [0.4, 0.5) is 4.79 Å². The third-order valence-electron chi connectivity index (χ3n) is 3.19. The van der Waals surface area contributed by atoms with Crippen LogP contribution in [0.1, 0.15) is 11.1 Å². The number of ether oxygens (including phenoxy) is 2. The molecule has 0 unspecified atom stereocenters. The SMILES string of the molecule is O=C(OCCl)OCCOP(=O)(OCc1ccccc1)OCc1ccccc1. The van der Waals surface area contributed by atoms with Crippen LogP contribution in [0.15, 0.2) is 60.7 Å². The van der Waals surface area contributed by atoms with E-state index in [1.54, 1.807) is 0 Å². The Morgan fingerprint density at radius 1 is 0.778 bits per heavy atom. The zero-order valence-electron chi connectivity index (χ0n) is 14.5. The predicted molar refractivity (Wildman–Crippen MR) is 99.2 cm³/mol. The zero-order valence-corrected chi connectivity index (χ0v) is 16.1. The van der Waals surface area contributed by atoms with Crippen LogP contribution in [0, 0.1) is 0 Å². The fraction of sp³-hybridized carbons (Fsp3) is 0.278. The molecule has 0 bridgehead atoms. The molecule has 146 valence electrons. The van der Waals surface area contributed by atoms with Crippen LogP contribution in [-0.2, 0) is 40.8 Å². The average molecular weight is 415 g/mol.